The molecule has 1 N–H and O–H groups in total. The van der Waals surface area contributed by atoms with Crippen molar-refractivity contribution < 1.29 is 0 Å². The lowest BCUT2D eigenvalue weighted by Crippen LogP contribution is -2.24. The van der Waals surface area contributed by atoms with Crippen molar-refractivity contribution in [1.29, 1.82) is 0 Å². The van der Waals surface area contributed by atoms with Crippen molar-refractivity contribution in [1.82, 2.24) is 5.32 Å². The Morgan fingerprint density at radius 3 is 2.57 bits per heavy atom. The summed E-state index contributed by atoms with van der Waals surface area (Å²) in [5, 5.41) is 3.51. The summed E-state index contributed by atoms with van der Waals surface area (Å²) in [4.78, 5) is 0. The largest absolute Gasteiger partial charge is 0.310 e. The van der Waals surface area contributed by atoms with Crippen LogP contribution in [0.4, 0.5) is 0 Å². The molecule has 0 aromatic heterocycles. The van der Waals surface area contributed by atoms with Gasteiger partial charge >= 0.3 is 0 Å². The first-order chi connectivity index (χ1) is 6.63. The van der Waals surface area contributed by atoms with Crippen molar-refractivity contribution >= 4 is 0 Å². The van der Waals surface area contributed by atoms with E-state index in [0.29, 0.717) is 6.04 Å². The maximum absolute atomic E-state index is 3.51. The minimum absolute atomic E-state index is 0.607. The lowest BCUT2D eigenvalue weighted by Gasteiger charge is -2.13. The van der Waals surface area contributed by atoms with Gasteiger partial charge in [0.25, 0.3) is 0 Å². The molecule has 1 rings (SSSR count). The molecule has 0 saturated carbocycles. The number of rotatable bonds is 4. The van der Waals surface area contributed by atoms with Crippen molar-refractivity contribution in [2.75, 3.05) is 0 Å². The maximum Gasteiger partial charge on any atom is 0.0210 e. The third-order valence-corrected chi connectivity index (χ3v) is 2.75. The Morgan fingerprint density at radius 2 is 2.00 bits per heavy atom. The van der Waals surface area contributed by atoms with Gasteiger partial charge < -0.3 is 5.32 Å². The normalized spacial score (nSPS) is 12.9. The quantitative estimate of drug-likeness (QED) is 0.770. The van der Waals surface area contributed by atoms with Gasteiger partial charge in [-0.2, -0.15) is 0 Å². The molecule has 78 valence electrons. The Kier molecular flexibility index (Phi) is 4.15. The third-order valence-electron chi connectivity index (χ3n) is 2.75. The molecule has 0 amide bonds. The molecule has 0 saturated heterocycles. The van der Waals surface area contributed by atoms with Crippen LogP contribution in [0, 0.1) is 13.8 Å². The van der Waals surface area contributed by atoms with Crippen LogP contribution < -0.4 is 5.32 Å². The summed E-state index contributed by atoms with van der Waals surface area (Å²) in [6.45, 7) is 9.74. The summed E-state index contributed by atoms with van der Waals surface area (Å²) < 4.78 is 0. The molecule has 1 aromatic carbocycles. The van der Waals surface area contributed by atoms with E-state index in [9.17, 15) is 0 Å². The zero-order chi connectivity index (χ0) is 10.6. The van der Waals surface area contributed by atoms with Crippen molar-refractivity contribution in [3.8, 4) is 0 Å². The SMILES string of the molecule is CCC(C)NCc1ccc(C)cc1C. The standard InChI is InChI=1S/C13H21N/c1-5-12(4)14-9-13-7-6-10(2)8-11(13)3/h6-8,12,14H,5,9H2,1-4H3. The molecule has 1 atom stereocenters. The molecule has 14 heavy (non-hydrogen) atoms. The highest BCUT2D eigenvalue weighted by atomic mass is 14.9. The Morgan fingerprint density at radius 1 is 1.29 bits per heavy atom. The van der Waals surface area contributed by atoms with Gasteiger partial charge in [-0.25, -0.2) is 0 Å². The van der Waals surface area contributed by atoms with E-state index >= 15 is 0 Å². The smallest absolute Gasteiger partial charge is 0.0210 e. The van der Waals surface area contributed by atoms with Crippen LogP contribution >= 0.6 is 0 Å². The van der Waals surface area contributed by atoms with Gasteiger partial charge in [0.2, 0.25) is 0 Å². The highest BCUT2D eigenvalue weighted by Gasteiger charge is 2.00. The summed E-state index contributed by atoms with van der Waals surface area (Å²) in [5.74, 6) is 0. The van der Waals surface area contributed by atoms with E-state index in [1.807, 2.05) is 0 Å². The zero-order valence-electron chi connectivity index (χ0n) is 9.72. The Balaban J connectivity index is 2.59. The van der Waals surface area contributed by atoms with Gasteiger partial charge in [0.05, 0.1) is 0 Å². The molecule has 0 spiro atoms. The molecule has 0 aliphatic carbocycles. The molecular weight excluding hydrogens is 170 g/mol. The van der Waals surface area contributed by atoms with E-state index in [4.69, 9.17) is 0 Å². The van der Waals surface area contributed by atoms with Crippen molar-refractivity contribution in [2.45, 2.75) is 46.7 Å². The first-order valence-electron chi connectivity index (χ1n) is 5.43. The zero-order valence-corrected chi connectivity index (χ0v) is 9.72. The van der Waals surface area contributed by atoms with Crippen LogP contribution in [-0.4, -0.2) is 6.04 Å². The number of aryl methyl sites for hydroxylation is 2. The summed E-state index contributed by atoms with van der Waals surface area (Å²) >= 11 is 0. The second-order valence-corrected chi connectivity index (χ2v) is 4.12. The van der Waals surface area contributed by atoms with Crippen molar-refractivity contribution in [3.63, 3.8) is 0 Å². The third kappa shape index (κ3) is 3.15. The molecule has 1 unspecified atom stereocenters. The van der Waals surface area contributed by atoms with E-state index in [-0.39, 0.29) is 0 Å². The fraction of sp³-hybridized carbons (Fsp3) is 0.538. The minimum atomic E-state index is 0.607. The van der Waals surface area contributed by atoms with E-state index in [1.54, 1.807) is 0 Å². The van der Waals surface area contributed by atoms with Crippen LogP contribution in [0.3, 0.4) is 0 Å². The Bertz CT molecular complexity index is 291. The molecule has 0 fully saturated rings. The molecule has 0 radical (unpaired) electrons. The predicted molar refractivity (Wildman–Crippen MR) is 62.5 cm³/mol. The molecule has 1 nitrogen and oxygen atoms in total. The van der Waals surface area contributed by atoms with Gasteiger partial charge in [0.1, 0.15) is 0 Å². The van der Waals surface area contributed by atoms with Crippen LogP contribution in [0.15, 0.2) is 18.2 Å². The molecule has 0 aliphatic rings. The van der Waals surface area contributed by atoms with Crippen LogP contribution in [0.1, 0.15) is 37.0 Å². The molecule has 0 aliphatic heterocycles. The average molecular weight is 191 g/mol. The highest BCUT2D eigenvalue weighted by molar-refractivity contribution is 5.30. The van der Waals surface area contributed by atoms with Gasteiger partial charge in [0.15, 0.2) is 0 Å². The van der Waals surface area contributed by atoms with Crippen molar-refractivity contribution in [2.24, 2.45) is 0 Å². The van der Waals surface area contributed by atoms with Gasteiger partial charge in [-0.1, -0.05) is 30.7 Å². The molecule has 1 aromatic rings. The lowest BCUT2D eigenvalue weighted by molar-refractivity contribution is 0.533. The van der Waals surface area contributed by atoms with Crippen LogP contribution in [0.25, 0.3) is 0 Å². The molecule has 0 heterocycles. The van der Waals surface area contributed by atoms with Crippen LogP contribution in [0.2, 0.25) is 0 Å². The average Bonchev–Trinajstić information content (AvgIpc) is 2.16. The summed E-state index contributed by atoms with van der Waals surface area (Å²) in [7, 11) is 0. The predicted octanol–water partition coefficient (Wildman–Crippen LogP) is 3.19. The Labute approximate surface area is 87.5 Å². The van der Waals surface area contributed by atoms with Crippen molar-refractivity contribution in [3.05, 3.63) is 34.9 Å². The topological polar surface area (TPSA) is 12.0 Å². The Hall–Kier alpha value is -0.820. The number of nitrogens with one attached hydrogen (secondary N) is 1. The van der Waals surface area contributed by atoms with Crippen LogP contribution in [-0.2, 0) is 6.54 Å². The van der Waals surface area contributed by atoms with Gasteiger partial charge in [-0.3, -0.25) is 0 Å². The van der Waals surface area contributed by atoms with E-state index in [0.717, 1.165) is 6.54 Å². The lowest BCUT2D eigenvalue weighted by atomic mass is 10.1. The molecule has 1 heteroatoms. The van der Waals surface area contributed by atoms with E-state index < -0.39 is 0 Å². The van der Waals surface area contributed by atoms with E-state index in [1.165, 1.54) is 23.1 Å². The fourth-order valence-electron chi connectivity index (χ4n) is 1.47. The van der Waals surface area contributed by atoms with Gasteiger partial charge in [-0.15, -0.1) is 0 Å². The second kappa shape index (κ2) is 5.16. The van der Waals surface area contributed by atoms with E-state index in [2.05, 4.69) is 51.2 Å². The van der Waals surface area contributed by atoms with Crippen LogP contribution in [0.5, 0.6) is 0 Å². The number of hydrogen-bond acceptors (Lipinski definition) is 1. The first-order valence-corrected chi connectivity index (χ1v) is 5.43. The molecule has 0 bridgehead atoms. The van der Waals surface area contributed by atoms with Gasteiger partial charge in [-0.05, 0) is 38.3 Å². The maximum atomic E-state index is 3.51. The summed E-state index contributed by atoms with van der Waals surface area (Å²) in [5.41, 5.74) is 4.14. The van der Waals surface area contributed by atoms with Gasteiger partial charge in [0, 0.05) is 12.6 Å². The second-order valence-electron chi connectivity index (χ2n) is 4.12. The summed E-state index contributed by atoms with van der Waals surface area (Å²) in [6.07, 6.45) is 1.19. The first kappa shape index (κ1) is 11.3. The monoisotopic (exact) mass is 191 g/mol. The highest BCUT2D eigenvalue weighted by Crippen LogP contribution is 2.10. The fourth-order valence-corrected chi connectivity index (χ4v) is 1.47. The number of benzene rings is 1. The summed E-state index contributed by atoms with van der Waals surface area (Å²) in [6, 6.07) is 7.25. The minimum Gasteiger partial charge on any atom is -0.310 e. The molecular formula is C13H21N. The number of hydrogen-bond donors (Lipinski definition) is 1.